The molecule has 2 fully saturated rings. The van der Waals surface area contributed by atoms with Crippen LogP contribution < -0.4 is 5.32 Å². The lowest BCUT2D eigenvalue weighted by Gasteiger charge is -2.42. The van der Waals surface area contributed by atoms with Gasteiger partial charge in [0.2, 0.25) is 0 Å². The summed E-state index contributed by atoms with van der Waals surface area (Å²) in [7, 11) is 0. The summed E-state index contributed by atoms with van der Waals surface area (Å²) in [4.78, 5) is 5.24. The smallest absolute Gasteiger partial charge is 0.0594 e. The minimum Gasteiger partial charge on any atom is -0.379 e. The lowest BCUT2D eigenvalue weighted by atomic mass is 9.80. The molecule has 0 aromatic heterocycles. The van der Waals surface area contributed by atoms with Gasteiger partial charge in [-0.15, -0.1) is 0 Å². The number of nitrogens with zero attached hydrogens (tertiary/aromatic N) is 2. The van der Waals surface area contributed by atoms with Crippen molar-refractivity contribution >= 4 is 0 Å². The molecule has 1 aliphatic carbocycles. The molecule has 4 nitrogen and oxygen atoms in total. The minimum atomic E-state index is 0.694. The molecule has 2 unspecified atom stereocenters. The molecule has 6 rings (SSSR count). The average molecular weight is 420 g/mol. The van der Waals surface area contributed by atoms with Gasteiger partial charge in [-0.3, -0.25) is 9.80 Å². The SMILES string of the molecule is c1ccc2c(c1)CC1CCC(C2)N(Cc2ccc(CNCCN3CCOCC3)cc2)C1. The van der Waals surface area contributed by atoms with Gasteiger partial charge in [0.1, 0.15) is 0 Å². The molecule has 2 atom stereocenters. The normalized spacial score (nSPS) is 24.5. The van der Waals surface area contributed by atoms with Gasteiger partial charge in [-0.05, 0) is 53.9 Å². The Morgan fingerprint density at radius 1 is 0.871 bits per heavy atom. The zero-order chi connectivity index (χ0) is 20.9. The van der Waals surface area contributed by atoms with Crippen LogP contribution >= 0.6 is 0 Å². The first-order valence-corrected chi connectivity index (χ1v) is 12.2. The van der Waals surface area contributed by atoms with Crippen LogP contribution in [0.4, 0.5) is 0 Å². The molecule has 0 spiro atoms. The van der Waals surface area contributed by atoms with Crippen molar-refractivity contribution in [1.82, 2.24) is 15.1 Å². The van der Waals surface area contributed by atoms with E-state index in [0.29, 0.717) is 6.04 Å². The number of fused-ring (bicyclic) bond motifs is 2. The number of morpholine rings is 1. The maximum atomic E-state index is 5.42. The second-order valence-corrected chi connectivity index (χ2v) is 9.65. The van der Waals surface area contributed by atoms with Crippen molar-refractivity contribution in [1.29, 1.82) is 0 Å². The molecule has 0 amide bonds. The molecule has 4 aliphatic rings. The third-order valence-corrected chi connectivity index (χ3v) is 7.45. The molecular formula is C27H37N3O. The zero-order valence-corrected chi connectivity index (χ0v) is 18.8. The number of piperidine rings is 1. The Hall–Kier alpha value is -1.72. The summed E-state index contributed by atoms with van der Waals surface area (Å²) < 4.78 is 5.42. The van der Waals surface area contributed by atoms with Gasteiger partial charge in [0, 0.05) is 51.9 Å². The van der Waals surface area contributed by atoms with Crippen LogP contribution in [0.25, 0.3) is 0 Å². The lowest BCUT2D eigenvalue weighted by Crippen LogP contribution is -2.46. The van der Waals surface area contributed by atoms with Crippen molar-refractivity contribution < 1.29 is 4.74 Å². The standard InChI is InChI=1S/C27H37N3O/c1-2-4-26-18-27-10-9-24(17-25(26)3-1)21-30(27)20-23-7-5-22(6-8-23)19-28-11-12-29-13-15-31-16-14-29/h1-8,24,27-28H,9-21H2. The van der Waals surface area contributed by atoms with E-state index in [1.807, 2.05) is 0 Å². The predicted molar refractivity (Wildman–Crippen MR) is 126 cm³/mol. The number of benzene rings is 2. The van der Waals surface area contributed by atoms with Gasteiger partial charge < -0.3 is 10.1 Å². The fourth-order valence-electron chi connectivity index (χ4n) is 5.59. The van der Waals surface area contributed by atoms with Crippen LogP contribution in [0.3, 0.4) is 0 Å². The second-order valence-electron chi connectivity index (χ2n) is 9.65. The molecular weight excluding hydrogens is 382 g/mol. The molecule has 4 heteroatoms. The third-order valence-electron chi connectivity index (χ3n) is 7.45. The molecule has 1 N–H and O–H groups in total. The van der Waals surface area contributed by atoms with Crippen LogP contribution in [-0.4, -0.2) is 61.8 Å². The molecule has 3 aliphatic heterocycles. The fraction of sp³-hybridized carbons (Fsp3) is 0.556. The summed E-state index contributed by atoms with van der Waals surface area (Å²) >= 11 is 0. The van der Waals surface area contributed by atoms with Crippen LogP contribution in [0.1, 0.15) is 35.1 Å². The molecule has 3 heterocycles. The van der Waals surface area contributed by atoms with E-state index in [2.05, 4.69) is 63.6 Å². The van der Waals surface area contributed by atoms with Crippen LogP contribution in [0, 0.1) is 5.92 Å². The summed E-state index contributed by atoms with van der Waals surface area (Å²) in [5.74, 6) is 0.813. The number of hydrogen-bond acceptors (Lipinski definition) is 4. The maximum Gasteiger partial charge on any atom is 0.0594 e. The van der Waals surface area contributed by atoms with Crippen LogP contribution in [-0.2, 0) is 30.7 Å². The van der Waals surface area contributed by atoms with Gasteiger partial charge >= 0.3 is 0 Å². The first-order valence-electron chi connectivity index (χ1n) is 12.2. The first kappa shape index (κ1) is 21.1. The van der Waals surface area contributed by atoms with E-state index in [1.54, 1.807) is 11.1 Å². The highest BCUT2D eigenvalue weighted by molar-refractivity contribution is 5.30. The summed E-state index contributed by atoms with van der Waals surface area (Å²) in [6, 6.07) is 19.2. The highest BCUT2D eigenvalue weighted by atomic mass is 16.5. The van der Waals surface area contributed by atoms with Crippen LogP contribution in [0.2, 0.25) is 0 Å². The summed E-state index contributed by atoms with van der Waals surface area (Å²) in [6.45, 7) is 9.36. The number of nitrogens with one attached hydrogen (secondary N) is 1. The van der Waals surface area contributed by atoms with Crippen molar-refractivity contribution in [2.24, 2.45) is 5.92 Å². The van der Waals surface area contributed by atoms with Crippen molar-refractivity contribution in [3.63, 3.8) is 0 Å². The summed E-state index contributed by atoms with van der Waals surface area (Å²) in [5.41, 5.74) is 6.02. The van der Waals surface area contributed by atoms with Gasteiger partial charge in [0.15, 0.2) is 0 Å². The van der Waals surface area contributed by atoms with E-state index >= 15 is 0 Å². The molecule has 2 bridgehead atoms. The van der Waals surface area contributed by atoms with Crippen LogP contribution in [0.15, 0.2) is 48.5 Å². The second kappa shape index (κ2) is 10.3. The van der Waals surface area contributed by atoms with E-state index in [1.165, 1.54) is 43.4 Å². The molecule has 166 valence electrons. The maximum absolute atomic E-state index is 5.42. The highest BCUT2D eigenvalue weighted by Gasteiger charge is 2.31. The quantitative estimate of drug-likeness (QED) is 0.696. The van der Waals surface area contributed by atoms with E-state index in [4.69, 9.17) is 4.74 Å². The van der Waals surface area contributed by atoms with E-state index < -0.39 is 0 Å². The largest absolute Gasteiger partial charge is 0.379 e. The molecule has 0 radical (unpaired) electrons. The zero-order valence-electron chi connectivity index (χ0n) is 18.8. The van der Waals surface area contributed by atoms with E-state index in [9.17, 15) is 0 Å². The first-order chi connectivity index (χ1) is 15.3. The summed E-state index contributed by atoms with van der Waals surface area (Å²) in [6.07, 6.45) is 5.22. The Balaban J connectivity index is 1.12. The van der Waals surface area contributed by atoms with Crippen molar-refractivity contribution in [2.45, 2.75) is 44.8 Å². The third kappa shape index (κ3) is 5.56. The Morgan fingerprint density at radius 2 is 1.61 bits per heavy atom. The Kier molecular flexibility index (Phi) is 7.00. The molecule has 0 saturated carbocycles. The Bertz CT molecular complexity index is 831. The van der Waals surface area contributed by atoms with Gasteiger partial charge in [-0.1, -0.05) is 48.5 Å². The Labute approximate surface area is 187 Å². The monoisotopic (exact) mass is 419 g/mol. The number of ether oxygens (including phenoxy) is 1. The van der Waals surface area contributed by atoms with Gasteiger partial charge in [-0.2, -0.15) is 0 Å². The van der Waals surface area contributed by atoms with Crippen molar-refractivity contribution in [3.05, 3.63) is 70.8 Å². The highest BCUT2D eigenvalue weighted by Crippen LogP contribution is 2.33. The van der Waals surface area contributed by atoms with Crippen molar-refractivity contribution in [3.8, 4) is 0 Å². The van der Waals surface area contributed by atoms with Gasteiger partial charge in [0.05, 0.1) is 13.2 Å². The van der Waals surface area contributed by atoms with Crippen LogP contribution in [0.5, 0.6) is 0 Å². The predicted octanol–water partition coefficient (Wildman–Crippen LogP) is 3.49. The lowest BCUT2D eigenvalue weighted by molar-refractivity contribution is 0.0384. The topological polar surface area (TPSA) is 27.7 Å². The van der Waals surface area contributed by atoms with Gasteiger partial charge in [0.25, 0.3) is 0 Å². The average Bonchev–Trinajstić information content (AvgIpc) is 2.79. The fourth-order valence-corrected chi connectivity index (χ4v) is 5.59. The number of rotatable bonds is 7. The molecule has 2 saturated heterocycles. The molecule has 31 heavy (non-hydrogen) atoms. The molecule has 2 aromatic carbocycles. The Morgan fingerprint density at radius 3 is 2.42 bits per heavy atom. The van der Waals surface area contributed by atoms with Crippen molar-refractivity contribution in [2.75, 3.05) is 45.9 Å². The number of hydrogen-bond donors (Lipinski definition) is 1. The molecule has 2 aromatic rings. The van der Waals surface area contributed by atoms with E-state index in [0.717, 1.165) is 58.4 Å². The summed E-state index contributed by atoms with van der Waals surface area (Å²) in [5, 5.41) is 3.60. The van der Waals surface area contributed by atoms with E-state index in [-0.39, 0.29) is 0 Å². The minimum absolute atomic E-state index is 0.694. The van der Waals surface area contributed by atoms with Gasteiger partial charge in [-0.25, -0.2) is 0 Å².